The minimum atomic E-state index is 0.690. The molecule has 0 unspecified atom stereocenters. The Morgan fingerprint density at radius 3 is 2.94 bits per heavy atom. The van der Waals surface area contributed by atoms with Gasteiger partial charge in [-0.15, -0.1) is 0 Å². The molecule has 2 aromatic heterocycles. The molecule has 3 nitrogen and oxygen atoms in total. The number of hydrogen-bond acceptors (Lipinski definition) is 3. The van der Waals surface area contributed by atoms with Gasteiger partial charge in [0.1, 0.15) is 10.8 Å². The number of aromatic nitrogens is 2. The third-order valence-electron chi connectivity index (χ3n) is 2.60. The van der Waals surface area contributed by atoms with E-state index in [0.29, 0.717) is 4.91 Å². The third kappa shape index (κ3) is 1.32. The maximum atomic E-state index is 10.7. The second-order valence-corrected chi connectivity index (χ2v) is 4.43. The average Bonchev–Trinajstić information content (AvgIpc) is 2.90. The molecule has 0 radical (unpaired) electrons. The van der Waals surface area contributed by atoms with Crippen LogP contribution in [-0.2, 0) is 10.7 Å². The summed E-state index contributed by atoms with van der Waals surface area (Å²) in [6, 6.07) is 7.91. The van der Waals surface area contributed by atoms with E-state index in [2.05, 4.69) is 9.55 Å². The fourth-order valence-electron chi connectivity index (χ4n) is 1.86. The van der Waals surface area contributed by atoms with Crippen molar-refractivity contribution in [3.63, 3.8) is 0 Å². The Morgan fingerprint density at radius 2 is 2.19 bits per heavy atom. The molecular formula is C12H8N2OS. The van der Waals surface area contributed by atoms with Crippen molar-refractivity contribution in [3.8, 4) is 11.3 Å². The minimum absolute atomic E-state index is 0.690. The lowest BCUT2D eigenvalue weighted by molar-refractivity contribution is 0.570. The molecule has 4 heteroatoms. The Balaban J connectivity index is 2.16. The van der Waals surface area contributed by atoms with Crippen LogP contribution in [0.25, 0.3) is 16.2 Å². The van der Waals surface area contributed by atoms with Crippen molar-refractivity contribution >= 4 is 22.6 Å². The Hall–Kier alpha value is -1.77. The molecule has 1 aliphatic heterocycles. The van der Waals surface area contributed by atoms with Gasteiger partial charge in [0.25, 0.3) is 0 Å². The van der Waals surface area contributed by atoms with Crippen molar-refractivity contribution < 1.29 is 4.79 Å². The Kier molecular flexibility index (Phi) is 2.17. The molecular weight excluding hydrogens is 220 g/mol. The first kappa shape index (κ1) is 9.46. The van der Waals surface area contributed by atoms with E-state index < -0.39 is 0 Å². The summed E-state index contributed by atoms with van der Waals surface area (Å²) in [5.74, 6) is 2.75. The molecule has 0 amide bonds. The highest BCUT2D eigenvalue weighted by Crippen LogP contribution is 2.38. The summed E-state index contributed by atoms with van der Waals surface area (Å²) >= 11 is 1.52. The topological polar surface area (TPSA) is 34.9 Å². The van der Waals surface area contributed by atoms with Crippen LogP contribution in [0.1, 0.15) is 5.69 Å². The normalized spacial score (nSPS) is 13.6. The van der Waals surface area contributed by atoms with Crippen LogP contribution in [0.5, 0.6) is 0 Å². The van der Waals surface area contributed by atoms with Crippen LogP contribution >= 0.6 is 11.8 Å². The maximum absolute atomic E-state index is 10.7. The van der Waals surface area contributed by atoms with Crippen LogP contribution in [0.3, 0.4) is 0 Å². The van der Waals surface area contributed by atoms with Gasteiger partial charge in [-0.05, 0) is 24.3 Å². The highest BCUT2D eigenvalue weighted by atomic mass is 32.2. The van der Waals surface area contributed by atoms with Gasteiger partial charge >= 0.3 is 0 Å². The minimum Gasteiger partial charge on any atom is -0.329 e. The van der Waals surface area contributed by atoms with E-state index in [-0.39, 0.29) is 0 Å². The van der Waals surface area contributed by atoms with Gasteiger partial charge in [0.15, 0.2) is 0 Å². The number of nitrogens with zero attached hydrogens (tertiary/aromatic N) is 2. The van der Waals surface area contributed by atoms with Gasteiger partial charge in [-0.1, -0.05) is 11.8 Å². The van der Waals surface area contributed by atoms with E-state index >= 15 is 0 Å². The van der Waals surface area contributed by atoms with Gasteiger partial charge in [-0.3, -0.25) is 4.98 Å². The second kappa shape index (κ2) is 3.67. The quantitative estimate of drug-likeness (QED) is 0.703. The predicted molar refractivity (Wildman–Crippen MR) is 64.4 cm³/mol. The van der Waals surface area contributed by atoms with E-state index in [9.17, 15) is 4.79 Å². The molecule has 0 aromatic carbocycles. The van der Waals surface area contributed by atoms with Gasteiger partial charge in [-0.2, -0.15) is 0 Å². The van der Waals surface area contributed by atoms with Crippen LogP contribution in [-0.4, -0.2) is 15.5 Å². The zero-order valence-corrected chi connectivity index (χ0v) is 9.20. The number of rotatable bonds is 1. The number of thioether (sulfide) groups is 1. The maximum Gasteiger partial charge on any atom is 0.141 e. The number of pyridine rings is 1. The van der Waals surface area contributed by atoms with Crippen molar-refractivity contribution in [2.24, 2.45) is 0 Å². The molecule has 3 rings (SSSR count). The van der Waals surface area contributed by atoms with Crippen molar-refractivity contribution in [1.29, 1.82) is 0 Å². The standard InChI is InChI=1S/C12H8N2OS/c15-7-12-11-4-3-10(14(11)8-16-12)9-2-1-5-13-6-9/h1-6H,8H2. The van der Waals surface area contributed by atoms with Crippen molar-refractivity contribution in [2.45, 2.75) is 5.88 Å². The SMILES string of the molecule is O=C=C1SCn2c1ccc2-c1cccnc1. The summed E-state index contributed by atoms with van der Waals surface area (Å²) in [6.45, 7) is 0. The first-order valence-corrected chi connectivity index (χ1v) is 5.87. The van der Waals surface area contributed by atoms with Gasteiger partial charge in [0.2, 0.25) is 0 Å². The molecule has 78 valence electrons. The summed E-state index contributed by atoms with van der Waals surface area (Å²) < 4.78 is 2.11. The fourth-order valence-corrected chi connectivity index (χ4v) is 2.78. The fraction of sp³-hybridized carbons (Fsp3) is 0.0833. The van der Waals surface area contributed by atoms with Crippen LogP contribution in [0.2, 0.25) is 0 Å². The third-order valence-corrected chi connectivity index (χ3v) is 3.57. The summed E-state index contributed by atoms with van der Waals surface area (Å²) in [6.07, 6.45) is 3.58. The van der Waals surface area contributed by atoms with Gasteiger partial charge < -0.3 is 4.57 Å². The molecule has 0 fully saturated rings. The summed E-state index contributed by atoms with van der Waals surface area (Å²) in [4.78, 5) is 15.5. The van der Waals surface area contributed by atoms with E-state index in [0.717, 1.165) is 22.8 Å². The molecule has 0 bridgehead atoms. The molecule has 0 saturated carbocycles. The summed E-state index contributed by atoms with van der Waals surface area (Å²) in [5, 5.41) is 0. The summed E-state index contributed by atoms with van der Waals surface area (Å²) in [5.41, 5.74) is 3.13. The van der Waals surface area contributed by atoms with Crippen molar-refractivity contribution in [2.75, 3.05) is 0 Å². The lowest BCUT2D eigenvalue weighted by atomic mass is 10.2. The first-order chi connectivity index (χ1) is 7.90. The van der Waals surface area contributed by atoms with E-state index in [4.69, 9.17) is 0 Å². The van der Waals surface area contributed by atoms with E-state index in [1.54, 1.807) is 6.20 Å². The molecule has 0 spiro atoms. The Bertz CT molecular complexity index is 582. The first-order valence-electron chi connectivity index (χ1n) is 4.88. The number of hydrogen-bond donors (Lipinski definition) is 0. The lowest BCUT2D eigenvalue weighted by Crippen LogP contribution is -1.94. The zero-order valence-electron chi connectivity index (χ0n) is 8.38. The van der Waals surface area contributed by atoms with Crippen LogP contribution < -0.4 is 0 Å². The van der Waals surface area contributed by atoms with Gasteiger partial charge in [0.05, 0.1) is 17.3 Å². The molecule has 0 aliphatic carbocycles. The Morgan fingerprint density at radius 1 is 1.31 bits per heavy atom. The smallest absolute Gasteiger partial charge is 0.141 e. The lowest BCUT2D eigenvalue weighted by Gasteiger charge is -2.03. The highest BCUT2D eigenvalue weighted by molar-refractivity contribution is 8.08. The van der Waals surface area contributed by atoms with Gasteiger partial charge in [-0.25, -0.2) is 4.79 Å². The van der Waals surface area contributed by atoms with Crippen LogP contribution in [0, 0.1) is 0 Å². The summed E-state index contributed by atoms with van der Waals surface area (Å²) in [7, 11) is 0. The Labute approximate surface area is 96.8 Å². The average molecular weight is 228 g/mol. The van der Waals surface area contributed by atoms with E-state index in [1.807, 2.05) is 36.4 Å². The largest absolute Gasteiger partial charge is 0.329 e. The molecule has 0 saturated heterocycles. The van der Waals surface area contributed by atoms with Crippen LogP contribution in [0.15, 0.2) is 36.7 Å². The number of fused-ring (bicyclic) bond motifs is 1. The monoisotopic (exact) mass is 228 g/mol. The second-order valence-electron chi connectivity index (χ2n) is 3.48. The van der Waals surface area contributed by atoms with Gasteiger partial charge in [0, 0.05) is 18.0 Å². The van der Waals surface area contributed by atoms with Crippen LogP contribution in [0.4, 0.5) is 0 Å². The molecule has 2 aromatic rings. The highest BCUT2D eigenvalue weighted by Gasteiger charge is 2.20. The molecule has 1 aliphatic rings. The predicted octanol–water partition coefficient (Wildman–Crippen LogP) is 2.43. The van der Waals surface area contributed by atoms with E-state index in [1.165, 1.54) is 11.8 Å². The zero-order chi connectivity index (χ0) is 11.0. The van der Waals surface area contributed by atoms with Crippen molar-refractivity contribution in [3.05, 3.63) is 42.4 Å². The van der Waals surface area contributed by atoms with Crippen molar-refractivity contribution in [1.82, 2.24) is 9.55 Å². The molecule has 16 heavy (non-hydrogen) atoms. The molecule has 0 N–H and O–H groups in total. The number of carbonyl (C=O) groups excluding carboxylic acids is 1. The molecule has 3 heterocycles. The molecule has 0 atom stereocenters.